The van der Waals surface area contributed by atoms with Gasteiger partial charge in [-0.15, -0.1) is 0 Å². The highest BCUT2D eigenvalue weighted by Gasteiger charge is 2.09. The standard InChI is InChI=1S/C22H22O5/c1-24-18-8-6-16-7-9-19(14-17(16)13-18)27-22(23)11-5-15-4-10-20(25-2)21(12-15)26-3/h4,6-10,12-14H,5,11H2,1-3H3. The van der Waals surface area contributed by atoms with Gasteiger partial charge in [-0.2, -0.15) is 0 Å². The second kappa shape index (κ2) is 8.45. The molecule has 5 heteroatoms. The molecule has 0 fully saturated rings. The average Bonchev–Trinajstić information content (AvgIpc) is 2.71. The van der Waals surface area contributed by atoms with Gasteiger partial charge in [0.2, 0.25) is 0 Å². The first kappa shape index (κ1) is 18.6. The fraction of sp³-hybridized carbons (Fsp3) is 0.227. The van der Waals surface area contributed by atoms with Gasteiger partial charge in [-0.25, -0.2) is 0 Å². The smallest absolute Gasteiger partial charge is 0.311 e. The molecule has 0 N–H and O–H groups in total. The lowest BCUT2D eigenvalue weighted by atomic mass is 10.1. The van der Waals surface area contributed by atoms with Gasteiger partial charge in [0, 0.05) is 6.42 Å². The second-order valence-electron chi connectivity index (χ2n) is 6.04. The lowest BCUT2D eigenvalue weighted by Crippen LogP contribution is -2.09. The van der Waals surface area contributed by atoms with Crippen molar-refractivity contribution >= 4 is 16.7 Å². The van der Waals surface area contributed by atoms with Crippen molar-refractivity contribution in [2.45, 2.75) is 12.8 Å². The van der Waals surface area contributed by atoms with Crippen LogP contribution in [0.25, 0.3) is 10.8 Å². The summed E-state index contributed by atoms with van der Waals surface area (Å²) in [5.41, 5.74) is 0.979. The van der Waals surface area contributed by atoms with E-state index in [0.717, 1.165) is 22.1 Å². The van der Waals surface area contributed by atoms with Gasteiger partial charge in [-0.1, -0.05) is 18.2 Å². The number of aryl methyl sites for hydroxylation is 1. The molecular formula is C22H22O5. The molecule has 0 radical (unpaired) electrons. The summed E-state index contributed by atoms with van der Waals surface area (Å²) in [5, 5.41) is 2.01. The summed E-state index contributed by atoms with van der Waals surface area (Å²) in [6.07, 6.45) is 0.826. The third-order valence-corrected chi connectivity index (χ3v) is 4.32. The number of rotatable bonds is 7. The zero-order chi connectivity index (χ0) is 19.2. The summed E-state index contributed by atoms with van der Waals surface area (Å²) >= 11 is 0. The SMILES string of the molecule is COc1ccc2ccc(OC(=O)CCc3ccc(OC)c(OC)c3)cc2c1. The minimum Gasteiger partial charge on any atom is -0.497 e. The molecule has 3 aromatic rings. The highest BCUT2D eigenvalue weighted by atomic mass is 16.5. The number of methoxy groups -OCH3 is 3. The summed E-state index contributed by atoms with van der Waals surface area (Å²) in [6, 6.07) is 17.0. The number of hydrogen-bond donors (Lipinski definition) is 0. The van der Waals surface area contributed by atoms with Crippen LogP contribution < -0.4 is 18.9 Å². The molecule has 0 aromatic heterocycles. The Kier molecular flexibility index (Phi) is 5.81. The van der Waals surface area contributed by atoms with Crippen molar-refractivity contribution in [2.75, 3.05) is 21.3 Å². The van der Waals surface area contributed by atoms with Crippen LogP contribution in [0.5, 0.6) is 23.0 Å². The summed E-state index contributed by atoms with van der Waals surface area (Å²) in [5.74, 6) is 2.31. The van der Waals surface area contributed by atoms with Crippen LogP contribution in [0.3, 0.4) is 0 Å². The zero-order valence-corrected chi connectivity index (χ0v) is 15.7. The Bertz CT molecular complexity index is 949. The topological polar surface area (TPSA) is 54.0 Å². The minimum absolute atomic E-state index is 0.269. The van der Waals surface area contributed by atoms with Gasteiger partial charge in [0.15, 0.2) is 11.5 Å². The number of benzene rings is 3. The first-order chi connectivity index (χ1) is 13.1. The molecular weight excluding hydrogens is 344 g/mol. The predicted molar refractivity (Wildman–Crippen MR) is 104 cm³/mol. The van der Waals surface area contributed by atoms with E-state index in [1.165, 1.54) is 0 Å². The van der Waals surface area contributed by atoms with Crippen molar-refractivity contribution in [1.29, 1.82) is 0 Å². The van der Waals surface area contributed by atoms with Crippen LogP contribution in [-0.2, 0) is 11.2 Å². The Labute approximate surface area is 158 Å². The van der Waals surface area contributed by atoms with Crippen LogP contribution in [0.4, 0.5) is 0 Å². The Morgan fingerprint density at radius 2 is 1.44 bits per heavy atom. The minimum atomic E-state index is -0.285. The van der Waals surface area contributed by atoms with E-state index in [0.29, 0.717) is 23.7 Å². The first-order valence-electron chi connectivity index (χ1n) is 8.62. The Hall–Kier alpha value is -3.21. The molecule has 3 rings (SSSR count). The third kappa shape index (κ3) is 4.50. The van der Waals surface area contributed by atoms with Crippen LogP contribution in [-0.4, -0.2) is 27.3 Å². The molecule has 0 saturated carbocycles. The molecule has 0 aliphatic heterocycles. The molecule has 0 aliphatic carbocycles. The van der Waals surface area contributed by atoms with Gasteiger partial charge in [-0.05, 0) is 59.2 Å². The van der Waals surface area contributed by atoms with Crippen molar-refractivity contribution in [3.8, 4) is 23.0 Å². The number of hydrogen-bond acceptors (Lipinski definition) is 5. The van der Waals surface area contributed by atoms with Gasteiger partial charge in [-0.3, -0.25) is 4.79 Å². The predicted octanol–water partition coefficient (Wildman–Crippen LogP) is 4.40. The van der Waals surface area contributed by atoms with E-state index in [-0.39, 0.29) is 12.4 Å². The molecule has 0 amide bonds. The fourth-order valence-corrected chi connectivity index (χ4v) is 2.86. The molecule has 0 aliphatic rings. The van der Waals surface area contributed by atoms with Crippen LogP contribution in [0.1, 0.15) is 12.0 Å². The second-order valence-corrected chi connectivity index (χ2v) is 6.04. The van der Waals surface area contributed by atoms with Crippen molar-refractivity contribution < 1.29 is 23.7 Å². The van der Waals surface area contributed by atoms with Gasteiger partial charge < -0.3 is 18.9 Å². The summed E-state index contributed by atoms with van der Waals surface area (Å²) in [4.78, 5) is 12.2. The Morgan fingerprint density at radius 1 is 0.741 bits per heavy atom. The number of carbonyl (C=O) groups is 1. The van der Waals surface area contributed by atoms with E-state index in [9.17, 15) is 4.79 Å². The normalized spacial score (nSPS) is 10.5. The highest BCUT2D eigenvalue weighted by molar-refractivity contribution is 5.86. The van der Waals surface area contributed by atoms with Crippen LogP contribution in [0.2, 0.25) is 0 Å². The van der Waals surface area contributed by atoms with Gasteiger partial charge in [0.1, 0.15) is 11.5 Å². The van der Waals surface area contributed by atoms with Gasteiger partial charge in [0.25, 0.3) is 0 Å². The van der Waals surface area contributed by atoms with Crippen LogP contribution in [0, 0.1) is 0 Å². The third-order valence-electron chi connectivity index (χ3n) is 4.32. The lowest BCUT2D eigenvalue weighted by molar-refractivity contribution is -0.134. The van der Waals surface area contributed by atoms with Crippen molar-refractivity contribution in [1.82, 2.24) is 0 Å². The quantitative estimate of drug-likeness (QED) is 0.458. The monoisotopic (exact) mass is 366 g/mol. The van der Waals surface area contributed by atoms with E-state index in [1.807, 2.05) is 48.5 Å². The molecule has 0 spiro atoms. The van der Waals surface area contributed by atoms with Crippen molar-refractivity contribution in [2.24, 2.45) is 0 Å². The molecule has 3 aromatic carbocycles. The van der Waals surface area contributed by atoms with Gasteiger partial charge in [0.05, 0.1) is 21.3 Å². The molecule has 0 unspecified atom stereocenters. The molecule has 0 atom stereocenters. The molecule has 5 nitrogen and oxygen atoms in total. The lowest BCUT2D eigenvalue weighted by Gasteiger charge is -2.10. The summed E-state index contributed by atoms with van der Waals surface area (Å²) in [6.45, 7) is 0. The van der Waals surface area contributed by atoms with Crippen LogP contribution >= 0.6 is 0 Å². The number of esters is 1. The number of fused-ring (bicyclic) bond motifs is 1. The largest absolute Gasteiger partial charge is 0.497 e. The molecule has 27 heavy (non-hydrogen) atoms. The summed E-state index contributed by atoms with van der Waals surface area (Å²) in [7, 11) is 4.80. The van der Waals surface area contributed by atoms with E-state index >= 15 is 0 Å². The van der Waals surface area contributed by atoms with Crippen LogP contribution in [0.15, 0.2) is 54.6 Å². The molecule has 0 heterocycles. The Balaban J connectivity index is 1.64. The summed E-state index contributed by atoms with van der Waals surface area (Å²) < 4.78 is 21.2. The number of carbonyl (C=O) groups excluding carboxylic acids is 1. The van der Waals surface area contributed by atoms with E-state index in [4.69, 9.17) is 18.9 Å². The molecule has 0 bridgehead atoms. The molecule has 140 valence electrons. The van der Waals surface area contributed by atoms with Crippen molar-refractivity contribution in [3.05, 3.63) is 60.2 Å². The maximum Gasteiger partial charge on any atom is 0.311 e. The van der Waals surface area contributed by atoms with Crippen molar-refractivity contribution in [3.63, 3.8) is 0 Å². The first-order valence-corrected chi connectivity index (χ1v) is 8.62. The zero-order valence-electron chi connectivity index (χ0n) is 15.7. The number of ether oxygens (including phenoxy) is 4. The average molecular weight is 366 g/mol. The molecule has 0 saturated heterocycles. The maximum atomic E-state index is 12.2. The van der Waals surface area contributed by atoms with E-state index < -0.39 is 0 Å². The van der Waals surface area contributed by atoms with E-state index in [2.05, 4.69) is 0 Å². The van der Waals surface area contributed by atoms with Gasteiger partial charge >= 0.3 is 5.97 Å². The highest BCUT2D eigenvalue weighted by Crippen LogP contribution is 2.28. The van der Waals surface area contributed by atoms with E-state index in [1.54, 1.807) is 27.4 Å². The Morgan fingerprint density at radius 3 is 2.15 bits per heavy atom. The maximum absolute atomic E-state index is 12.2. The fourth-order valence-electron chi connectivity index (χ4n) is 2.86.